The standard InChI is InChI=1S/C15H12BrFO/c1-9-5-3-6-11(10(9)2)15(18)12-7-4-8-13(17)14(12)16/h3-8H,1-2H3. The van der Waals surface area contributed by atoms with E-state index in [1.54, 1.807) is 18.2 Å². The quantitative estimate of drug-likeness (QED) is 0.750. The summed E-state index contributed by atoms with van der Waals surface area (Å²) < 4.78 is 13.7. The summed E-state index contributed by atoms with van der Waals surface area (Å²) in [5.41, 5.74) is 2.94. The molecule has 0 aliphatic rings. The molecule has 0 aliphatic carbocycles. The molecule has 2 rings (SSSR count). The number of benzene rings is 2. The Kier molecular flexibility index (Phi) is 3.62. The summed E-state index contributed by atoms with van der Waals surface area (Å²) in [6.07, 6.45) is 0. The molecule has 0 unspecified atom stereocenters. The van der Waals surface area contributed by atoms with E-state index in [9.17, 15) is 9.18 Å². The normalized spacial score (nSPS) is 10.4. The maximum Gasteiger partial charge on any atom is 0.194 e. The van der Waals surface area contributed by atoms with Crippen molar-refractivity contribution in [3.8, 4) is 0 Å². The van der Waals surface area contributed by atoms with Gasteiger partial charge in [0.25, 0.3) is 0 Å². The molecule has 1 nitrogen and oxygen atoms in total. The molecule has 0 radical (unpaired) electrons. The van der Waals surface area contributed by atoms with Gasteiger partial charge in [-0.15, -0.1) is 0 Å². The minimum Gasteiger partial charge on any atom is -0.289 e. The lowest BCUT2D eigenvalue weighted by Crippen LogP contribution is -2.06. The summed E-state index contributed by atoms with van der Waals surface area (Å²) in [5.74, 6) is -0.589. The molecule has 2 aromatic carbocycles. The summed E-state index contributed by atoms with van der Waals surface area (Å²) in [6, 6.07) is 10.0. The van der Waals surface area contributed by atoms with E-state index in [2.05, 4.69) is 15.9 Å². The number of hydrogen-bond acceptors (Lipinski definition) is 1. The van der Waals surface area contributed by atoms with Crippen LogP contribution in [0.4, 0.5) is 4.39 Å². The first-order valence-corrected chi connectivity index (χ1v) is 6.36. The predicted molar refractivity (Wildman–Crippen MR) is 73.4 cm³/mol. The van der Waals surface area contributed by atoms with Gasteiger partial charge in [-0.25, -0.2) is 4.39 Å². The second-order valence-corrected chi connectivity index (χ2v) is 4.97. The van der Waals surface area contributed by atoms with Crippen molar-refractivity contribution in [2.24, 2.45) is 0 Å². The summed E-state index contributed by atoms with van der Waals surface area (Å²) in [5, 5.41) is 0. The lowest BCUT2D eigenvalue weighted by atomic mass is 9.96. The van der Waals surface area contributed by atoms with Crippen molar-refractivity contribution in [3.05, 3.63) is 68.9 Å². The minimum atomic E-state index is -0.425. The summed E-state index contributed by atoms with van der Waals surface area (Å²) in [6.45, 7) is 3.85. The first kappa shape index (κ1) is 13.0. The van der Waals surface area contributed by atoms with Crippen LogP contribution in [0.5, 0.6) is 0 Å². The van der Waals surface area contributed by atoms with Gasteiger partial charge in [-0.2, -0.15) is 0 Å². The molecule has 3 heteroatoms. The Bertz CT molecular complexity index is 566. The first-order valence-electron chi connectivity index (χ1n) is 5.57. The number of carbonyl (C=O) groups excluding carboxylic acids is 1. The molecular weight excluding hydrogens is 295 g/mol. The smallest absolute Gasteiger partial charge is 0.194 e. The average Bonchev–Trinajstić information content (AvgIpc) is 2.35. The van der Waals surface area contributed by atoms with Gasteiger partial charge in [0.2, 0.25) is 0 Å². The van der Waals surface area contributed by atoms with Gasteiger partial charge in [0, 0.05) is 11.1 Å². The SMILES string of the molecule is Cc1cccc(C(=O)c2cccc(F)c2Br)c1C. The van der Waals surface area contributed by atoms with Crippen molar-refractivity contribution >= 4 is 21.7 Å². The molecule has 92 valence electrons. The Morgan fingerprint density at radius 3 is 2.39 bits per heavy atom. The van der Waals surface area contributed by atoms with Crippen LogP contribution < -0.4 is 0 Å². The highest BCUT2D eigenvalue weighted by Gasteiger charge is 2.17. The molecule has 0 N–H and O–H groups in total. The predicted octanol–water partition coefficient (Wildman–Crippen LogP) is 4.44. The Morgan fingerprint density at radius 2 is 1.67 bits per heavy atom. The van der Waals surface area contributed by atoms with Gasteiger partial charge in [-0.3, -0.25) is 4.79 Å². The van der Waals surface area contributed by atoms with Gasteiger partial charge < -0.3 is 0 Å². The van der Waals surface area contributed by atoms with E-state index in [4.69, 9.17) is 0 Å². The number of rotatable bonds is 2. The molecule has 0 aliphatic heterocycles. The Labute approximate surface area is 114 Å². The van der Waals surface area contributed by atoms with Gasteiger partial charge in [-0.05, 0) is 53.0 Å². The van der Waals surface area contributed by atoms with E-state index in [0.29, 0.717) is 11.1 Å². The van der Waals surface area contributed by atoms with Gasteiger partial charge in [0.15, 0.2) is 5.78 Å². The van der Waals surface area contributed by atoms with E-state index in [1.165, 1.54) is 6.07 Å². The molecule has 0 heterocycles. The van der Waals surface area contributed by atoms with Crippen molar-refractivity contribution in [1.29, 1.82) is 0 Å². The highest BCUT2D eigenvalue weighted by Crippen LogP contribution is 2.25. The van der Waals surface area contributed by atoms with Crippen LogP contribution in [0, 0.1) is 19.7 Å². The van der Waals surface area contributed by atoms with Crippen LogP contribution in [0.25, 0.3) is 0 Å². The molecule has 0 atom stereocenters. The zero-order chi connectivity index (χ0) is 13.3. The van der Waals surface area contributed by atoms with E-state index in [-0.39, 0.29) is 10.3 Å². The molecule has 0 spiro atoms. The molecule has 2 aromatic rings. The maximum atomic E-state index is 13.4. The summed E-state index contributed by atoms with van der Waals surface area (Å²) in [7, 11) is 0. The molecule has 18 heavy (non-hydrogen) atoms. The van der Waals surface area contributed by atoms with Crippen molar-refractivity contribution in [2.75, 3.05) is 0 Å². The van der Waals surface area contributed by atoms with Crippen molar-refractivity contribution in [2.45, 2.75) is 13.8 Å². The van der Waals surface area contributed by atoms with Crippen LogP contribution in [-0.4, -0.2) is 5.78 Å². The zero-order valence-electron chi connectivity index (χ0n) is 10.1. The molecule has 0 bridgehead atoms. The molecule has 0 saturated heterocycles. The molecule has 0 fully saturated rings. The van der Waals surface area contributed by atoms with Crippen LogP contribution in [0.3, 0.4) is 0 Å². The van der Waals surface area contributed by atoms with Crippen LogP contribution in [0.2, 0.25) is 0 Å². The number of halogens is 2. The monoisotopic (exact) mass is 306 g/mol. The molecule has 0 aromatic heterocycles. The number of ketones is 1. The van der Waals surface area contributed by atoms with Crippen molar-refractivity contribution in [1.82, 2.24) is 0 Å². The zero-order valence-corrected chi connectivity index (χ0v) is 11.7. The van der Waals surface area contributed by atoms with E-state index < -0.39 is 5.82 Å². The first-order chi connectivity index (χ1) is 8.52. The summed E-state index contributed by atoms with van der Waals surface area (Å²) >= 11 is 3.13. The Hall–Kier alpha value is -1.48. The van der Waals surface area contributed by atoms with Crippen LogP contribution in [-0.2, 0) is 0 Å². The molecule has 0 saturated carbocycles. The third-order valence-corrected chi connectivity index (χ3v) is 3.85. The van der Waals surface area contributed by atoms with Crippen LogP contribution >= 0.6 is 15.9 Å². The third kappa shape index (κ3) is 2.23. The Morgan fingerprint density at radius 1 is 1.06 bits per heavy atom. The van der Waals surface area contributed by atoms with Crippen molar-refractivity contribution in [3.63, 3.8) is 0 Å². The number of hydrogen-bond donors (Lipinski definition) is 0. The average molecular weight is 307 g/mol. The van der Waals surface area contributed by atoms with E-state index >= 15 is 0 Å². The maximum absolute atomic E-state index is 13.4. The molecular formula is C15H12BrFO. The Balaban J connectivity index is 2.55. The fourth-order valence-corrected chi connectivity index (χ4v) is 2.27. The fraction of sp³-hybridized carbons (Fsp3) is 0.133. The lowest BCUT2D eigenvalue weighted by Gasteiger charge is -2.09. The van der Waals surface area contributed by atoms with Crippen LogP contribution in [0.15, 0.2) is 40.9 Å². The largest absolute Gasteiger partial charge is 0.289 e. The minimum absolute atomic E-state index is 0.164. The van der Waals surface area contributed by atoms with Crippen LogP contribution in [0.1, 0.15) is 27.0 Å². The second-order valence-electron chi connectivity index (χ2n) is 4.18. The number of carbonyl (C=O) groups is 1. The van der Waals surface area contributed by atoms with Crippen molar-refractivity contribution < 1.29 is 9.18 Å². The van der Waals surface area contributed by atoms with Gasteiger partial charge in [0.05, 0.1) is 4.47 Å². The number of aryl methyl sites for hydroxylation is 1. The van der Waals surface area contributed by atoms with E-state index in [0.717, 1.165) is 11.1 Å². The second kappa shape index (κ2) is 5.02. The highest BCUT2D eigenvalue weighted by molar-refractivity contribution is 9.10. The fourth-order valence-electron chi connectivity index (χ4n) is 1.82. The third-order valence-electron chi connectivity index (χ3n) is 3.05. The highest BCUT2D eigenvalue weighted by atomic mass is 79.9. The summed E-state index contributed by atoms with van der Waals surface area (Å²) in [4.78, 5) is 12.4. The molecule has 0 amide bonds. The van der Waals surface area contributed by atoms with Gasteiger partial charge in [0.1, 0.15) is 5.82 Å². The van der Waals surface area contributed by atoms with Gasteiger partial charge in [-0.1, -0.05) is 24.3 Å². The lowest BCUT2D eigenvalue weighted by molar-refractivity contribution is 0.103. The van der Waals surface area contributed by atoms with E-state index in [1.807, 2.05) is 26.0 Å². The topological polar surface area (TPSA) is 17.1 Å². The van der Waals surface area contributed by atoms with Gasteiger partial charge >= 0.3 is 0 Å².